The van der Waals surface area contributed by atoms with Gasteiger partial charge in [-0.25, -0.2) is 0 Å². The molecule has 0 aromatic heterocycles. The van der Waals surface area contributed by atoms with Crippen molar-refractivity contribution in [2.75, 3.05) is 13.2 Å². The van der Waals surface area contributed by atoms with Crippen LogP contribution in [0.15, 0.2) is 66.7 Å². The SMILES string of the molecule is O=C(COc1cccc2ccccc12)NNC(=S)NC(=O)COc1ccccc1Cl. The first-order chi connectivity index (χ1) is 14.5. The summed E-state index contributed by atoms with van der Waals surface area (Å²) in [6.07, 6.45) is 0. The zero-order valence-electron chi connectivity index (χ0n) is 15.7. The molecule has 3 aromatic rings. The summed E-state index contributed by atoms with van der Waals surface area (Å²) in [5.41, 5.74) is 4.79. The fourth-order valence-corrected chi connectivity index (χ4v) is 2.88. The van der Waals surface area contributed by atoms with Crippen LogP contribution in [0, 0.1) is 0 Å². The number of fused-ring (bicyclic) bond motifs is 1. The second-order valence-corrected chi connectivity index (χ2v) is 6.85. The number of hydrazine groups is 1. The van der Waals surface area contributed by atoms with Crippen molar-refractivity contribution in [1.82, 2.24) is 16.2 Å². The fraction of sp³-hybridized carbons (Fsp3) is 0.0952. The molecule has 0 heterocycles. The second-order valence-electron chi connectivity index (χ2n) is 6.04. The Morgan fingerprint density at radius 3 is 2.27 bits per heavy atom. The van der Waals surface area contributed by atoms with E-state index in [2.05, 4.69) is 16.2 Å². The average Bonchev–Trinajstić information content (AvgIpc) is 2.75. The first-order valence-electron chi connectivity index (χ1n) is 8.89. The van der Waals surface area contributed by atoms with Gasteiger partial charge in [-0.15, -0.1) is 0 Å². The summed E-state index contributed by atoms with van der Waals surface area (Å²) in [7, 11) is 0. The number of hydrogen-bond donors (Lipinski definition) is 3. The second kappa shape index (κ2) is 10.4. The Morgan fingerprint density at radius 2 is 1.43 bits per heavy atom. The predicted octanol–water partition coefficient (Wildman–Crippen LogP) is 2.97. The number of thiocarbonyl (C=S) groups is 1. The summed E-state index contributed by atoms with van der Waals surface area (Å²) in [6, 6.07) is 20.1. The van der Waals surface area contributed by atoms with Crippen LogP contribution in [0.2, 0.25) is 5.02 Å². The Kier molecular flexibility index (Phi) is 7.42. The quantitative estimate of drug-likeness (QED) is 0.401. The van der Waals surface area contributed by atoms with Gasteiger partial charge in [0, 0.05) is 5.39 Å². The van der Waals surface area contributed by atoms with Crippen molar-refractivity contribution < 1.29 is 19.1 Å². The fourth-order valence-electron chi connectivity index (χ4n) is 2.53. The van der Waals surface area contributed by atoms with Gasteiger partial charge >= 0.3 is 0 Å². The van der Waals surface area contributed by atoms with Gasteiger partial charge in [0.2, 0.25) is 0 Å². The minimum atomic E-state index is -0.506. The Bertz CT molecular complexity index is 1070. The van der Waals surface area contributed by atoms with Crippen LogP contribution < -0.4 is 25.6 Å². The van der Waals surface area contributed by atoms with Gasteiger partial charge in [0.15, 0.2) is 18.3 Å². The molecular formula is C21H18ClN3O4S. The molecule has 0 saturated carbocycles. The number of carbonyl (C=O) groups is 2. The van der Waals surface area contributed by atoms with E-state index in [-0.39, 0.29) is 18.3 Å². The molecule has 3 aromatic carbocycles. The third-order valence-corrected chi connectivity index (χ3v) is 4.39. The highest BCUT2D eigenvalue weighted by atomic mass is 35.5. The summed E-state index contributed by atoms with van der Waals surface area (Å²) < 4.78 is 10.9. The molecule has 0 aliphatic rings. The highest BCUT2D eigenvalue weighted by Gasteiger charge is 2.09. The maximum Gasteiger partial charge on any atom is 0.276 e. The molecule has 2 amide bonds. The molecule has 0 fully saturated rings. The minimum Gasteiger partial charge on any atom is -0.483 e. The largest absolute Gasteiger partial charge is 0.483 e. The third-order valence-electron chi connectivity index (χ3n) is 3.87. The lowest BCUT2D eigenvalue weighted by atomic mass is 10.1. The zero-order chi connectivity index (χ0) is 21.3. The van der Waals surface area contributed by atoms with E-state index in [0.717, 1.165) is 10.8 Å². The average molecular weight is 444 g/mol. The van der Waals surface area contributed by atoms with Crippen molar-refractivity contribution in [3.05, 3.63) is 71.8 Å². The van der Waals surface area contributed by atoms with Crippen molar-refractivity contribution >= 4 is 51.5 Å². The molecule has 3 rings (SSSR count). The van der Waals surface area contributed by atoms with Crippen LogP contribution in [0.5, 0.6) is 11.5 Å². The first kappa shape index (κ1) is 21.4. The van der Waals surface area contributed by atoms with Gasteiger partial charge in [-0.3, -0.25) is 25.8 Å². The van der Waals surface area contributed by atoms with Crippen LogP contribution in [0.3, 0.4) is 0 Å². The van der Waals surface area contributed by atoms with Gasteiger partial charge in [-0.1, -0.05) is 60.1 Å². The van der Waals surface area contributed by atoms with Crippen LogP contribution in [-0.4, -0.2) is 30.1 Å². The smallest absolute Gasteiger partial charge is 0.276 e. The molecule has 0 bridgehead atoms. The van der Waals surface area contributed by atoms with Crippen LogP contribution in [0.1, 0.15) is 0 Å². The number of para-hydroxylation sites is 1. The number of ether oxygens (including phenoxy) is 2. The lowest BCUT2D eigenvalue weighted by molar-refractivity contribution is -0.124. The molecule has 7 nitrogen and oxygen atoms in total. The zero-order valence-corrected chi connectivity index (χ0v) is 17.3. The van der Waals surface area contributed by atoms with Crippen molar-refractivity contribution in [2.24, 2.45) is 0 Å². The minimum absolute atomic E-state index is 0.0822. The molecule has 3 N–H and O–H groups in total. The molecular weight excluding hydrogens is 426 g/mol. The van der Waals surface area contributed by atoms with E-state index in [4.69, 9.17) is 33.3 Å². The molecule has 0 aliphatic heterocycles. The highest BCUT2D eigenvalue weighted by molar-refractivity contribution is 7.80. The number of rotatable bonds is 6. The monoisotopic (exact) mass is 443 g/mol. The van der Waals surface area contributed by atoms with E-state index in [9.17, 15) is 9.59 Å². The maximum absolute atomic E-state index is 12.0. The summed E-state index contributed by atoms with van der Waals surface area (Å²) in [6.45, 7) is -0.517. The molecule has 0 radical (unpaired) electrons. The molecule has 154 valence electrons. The normalized spacial score (nSPS) is 10.2. The van der Waals surface area contributed by atoms with E-state index in [1.807, 2.05) is 36.4 Å². The van der Waals surface area contributed by atoms with E-state index >= 15 is 0 Å². The van der Waals surface area contributed by atoms with E-state index < -0.39 is 11.8 Å². The summed E-state index contributed by atoms with van der Waals surface area (Å²) in [5, 5.41) is 4.61. The number of nitrogens with one attached hydrogen (secondary N) is 3. The van der Waals surface area contributed by atoms with E-state index in [1.165, 1.54) is 0 Å². The van der Waals surface area contributed by atoms with Crippen LogP contribution in [0.25, 0.3) is 10.8 Å². The standard InChI is InChI=1S/C21H18ClN3O4S/c22-16-9-3-4-10-18(16)29-12-19(26)23-21(30)25-24-20(27)13-28-17-11-5-7-14-6-1-2-8-15(14)17/h1-11H,12-13H2,(H,24,27)(H2,23,25,26,30). The highest BCUT2D eigenvalue weighted by Crippen LogP contribution is 2.25. The predicted molar refractivity (Wildman–Crippen MR) is 118 cm³/mol. The molecule has 0 atom stereocenters. The van der Waals surface area contributed by atoms with Crippen molar-refractivity contribution in [1.29, 1.82) is 0 Å². The van der Waals surface area contributed by atoms with E-state index in [0.29, 0.717) is 16.5 Å². The van der Waals surface area contributed by atoms with Crippen LogP contribution >= 0.6 is 23.8 Å². The molecule has 9 heteroatoms. The third kappa shape index (κ3) is 6.07. The van der Waals surface area contributed by atoms with Crippen LogP contribution in [-0.2, 0) is 9.59 Å². The molecule has 30 heavy (non-hydrogen) atoms. The number of benzene rings is 3. The van der Waals surface area contributed by atoms with Crippen molar-refractivity contribution in [2.45, 2.75) is 0 Å². The van der Waals surface area contributed by atoms with Gasteiger partial charge in [-0.05, 0) is 35.8 Å². The van der Waals surface area contributed by atoms with Crippen molar-refractivity contribution in [3.8, 4) is 11.5 Å². The van der Waals surface area contributed by atoms with Gasteiger partial charge in [-0.2, -0.15) is 0 Å². The summed E-state index contributed by atoms with van der Waals surface area (Å²) in [5.74, 6) is 0.00320. The van der Waals surface area contributed by atoms with Gasteiger partial charge in [0.25, 0.3) is 11.8 Å². The Morgan fingerprint density at radius 1 is 0.800 bits per heavy atom. The van der Waals surface area contributed by atoms with E-state index in [1.54, 1.807) is 30.3 Å². The lowest BCUT2D eigenvalue weighted by Gasteiger charge is -2.13. The number of carbonyl (C=O) groups excluding carboxylic acids is 2. The maximum atomic E-state index is 12.0. The van der Waals surface area contributed by atoms with Gasteiger partial charge < -0.3 is 9.47 Å². The molecule has 0 unspecified atom stereocenters. The molecule has 0 saturated heterocycles. The van der Waals surface area contributed by atoms with Crippen LogP contribution in [0.4, 0.5) is 0 Å². The Balaban J connectivity index is 1.39. The first-order valence-corrected chi connectivity index (χ1v) is 9.68. The molecule has 0 spiro atoms. The lowest BCUT2D eigenvalue weighted by Crippen LogP contribution is -2.50. The topological polar surface area (TPSA) is 88.7 Å². The Labute approximate surface area is 183 Å². The number of halogens is 1. The number of amides is 2. The van der Waals surface area contributed by atoms with Gasteiger partial charge in [0.05, 0.1) is 5.02 Å². The summed E-state index contributed by atoms with van der Waals surface area (Å²) >= 11 is 10.9. The van der Waals surface area contributed by atoms with Crippen molar-refractivity contribution in [3.63, 3.8) is 0 Å². The number of hydrogen-bond acceptors (Lipinski definition) is 5. The molecule has 0 aliphatic carbocycles. The Hall–Kier alpha value is -3.36. The van der Waals surface area contributed by atoms with Gasteiger partial charge in [0.1, 0.15) is 11.5 Å². The summed E-state index contributed by atoms with van der Waals surface area (Å²) in [4.78, 5) is 23.9.